The van der Waals surface area contributed by atoms with Gasteiger partial charge in [-0.05, 0) is 31.5 Å². The lowest BCUT2D eigenvalue weighted by molar-refractivity contribution is -0.148. The van der Waals surface area contributed by atoms with Gasteiger partial charge in [0.25, 0.3) is 0 Å². The quantitative estimate of drug-likeness (QED) is 0.118. The fraction of sp³-hybridized carbons (Fsp3) is 0.552. The summed E-state index contributed by atoms with van der Waals surface area (Å²) in [5, 5.41) is 33.6. The molecular formula is C29H45N7O8. The molecule has 0 saturated carbocycles. The number of nitrogens with zero attached hydrogens (tertiary/aromatic N) is 5. The Morgan fingerprint density at radius 2 is 1.57 bits per heavy atom. The Morgan fingerprint density at radius 3 is 2.20 bits per heavy atom. The first-order valence-corrected chi connectivity index (χ1v) is 14.4. The van der Waals surface area contributed by atoms with Crippen LogP contribution in [0.5, 0.6) is 0 Å². The van der Waals surface area contributed by atoms with E-state index in [1.54, 1.807) is 0 Å². The van der Waals surface area contributed by atoms with E-state index < -0.39 is 49.5 Å². The number of carbonyl (C=O) groups is 5. The van der Waals surface area contributed by atoms with Gasteiger partial charge in [0, 0.05) is 64.3 Å². The monoisotopic (exact) mass is 619 g/mol. The lowest BCUT2D eigenvalue weighted by Gasteiger charge is -2.28. The maximum atomic E-state index is 13.0. The van der Waals surface area contributed by atoms with Crippen LogP contribution in [0.3, 0.4) is 0 Å². The number of hydrazine groups is 1. The minimum absolute atomic E-state index is 0.104. The van der Waals surface area contributed by atoms with Crippen LogP contribution >= 0.6 is 0 Å². The summed E-state index contributed by atoms with van der Waals surface area (Å²) in [7, 11) is 5.07. The number of aliphatic hydroxyl groups excluding tert-OH is 2. The summed E-state index contributed by atoms with van der Waals surface area (Å²) in [4.78, 5) is 65.5. The van der Waals surface area contributed by atoms with E-state index in [4.69, 9.17) is 5.11 Å². The van der Waals surface area contributed by atoms with E-state index in [1.807, 2.05) is 43.4 Å². The van der Waals surface area contributed by atoms with Crippen molar-refractivity contribution in [3.8, 4) is 0 Å². The first kappa shape index (κ1) is 36.1. The Balaban J connectivity index is 1.96. The van der Waals surface area contributed by atoms with Gasteiger partial charge in [0.2, 0.25) is 23.6 Å². The van der Waals surface area contributed by atoms with Gasteiger partial charge in [-0.25, -0.2) is 9.80 Å². The highest BCUT2D eigenvalue weighted by atomic mass is 16.4. The number of hydrogen-bond donors (Lipinski definition) is 5. The van der Waals surface area contributed by atoms with Crippen LogP contribution in [0.1, 0.15) is 25.5 Å². The average Bonchev–Trinajstić information content (AvgIpc) is 3.35. The first-order valence-electron chi connectivity index (χ1n) is 14.4. The fourth-order valence-corrected chi connectivity index (χ4v) is 4.52. The largest absolute Gasteiger partial charge is 0.480 e. The van der Waals surface area contributed by atoms with Crippen molar-refractivity contribution in [1.29, 1.82) is 0 Å². The Kier molecular flexibility index (Phi) is 14.7. The van der Waals surface area contributed by atoms with Crippen LogP contribution in [0.15, 0.2) is 30.3 Å². The molecule has 5 N–H and O–H groups in total. The van der Waals surface area contributed by atoms with Crippen LogP contribution in [-0.4, -0.2) is 142 Å². The standard InChI is InChI=1S/C29H45N7O8/c1-21(29(43)44)33(4)26(40)10-11-34(13-15-37)28(42)20-35(14-16-38)27(41)18-31-25(39)9-12-36-23(19-32(3)30-2)17-22-7-5-6-8-24(22)36/h5-8,17,21,30,37-38H,9-16,18-20H2,1-4H3,(H,31,39)(H,43,44)/t21-/m0/s1. The van der Waals surface area contributed by atoms with Crippen molar-refractivity contribution in [1.82, 2.24) is 35.0 Å². The molecule has 1 atom stereocenters. The Morgan fingerprint density at radius 1 is 0.909 bits per heavy atom. The molecule has 0 aliphatic heterocycles. The maximum absolute atomic E-state index is 13.0. The molecule has 44 heavy (non-hydrogen) atoms. The van der Waals surface area contributed by atoms with Crippen molar-refractivity contribution in [2.45, 2.75) is 38.9 Å². The molecule has 1 heterocycles. The fourth-order valence-electron chi connectivity index (χ4n) is 4.52. The number of rotatable bonds is 19. The first-order chi connectivity index (χ1) is 20.9. The van der Waals surface area contributed by atoms with Crippen molar-refractivity contribution < 1.29 is 39.3 Å². The van der Waals surface area contributed by atoms with E-state index in [0.717, 1.165) is 26.4 Å². The van der Waals surface area contributed by atoms with Crippen LogP contribution in [-0.2, 0) is 37.1 Å². The average molecular weight is 620 g/mol. The second-order valence-electron chi connectivity index (χ2n) is 10.4. The molecule has 0 saturated heterocycles. The van der Waals surface area contributed by atoms with Crippen LogP contribution in [0, 0.1) is 0 Å². The van der Waals surface area contributed by atoms with Gasteiger partial charge in [-0.1, -0.05) is 18.2 Å². The third-order valence-corrected chi connectivity index (χ3v) is 7.38. The third kappa shape index (κ3) is 10.6. The van der Waals surface area contributed by atoms with E-state index in [2.05, 4.69) is 21.4 Å². The van der Waals surface area contributed by atoms with Crippen molar-refractivity contribution in [2.75, 3.05) is 67.1 Å². The zero-order chi connectivity index (χ0) is 32.8. The summed E-state index contributed by atoms with van der Waals surface area (Å²) in [6, 6.07) is 8.87. The molecule has 15 nitrogen and oxygen atoms in total. The molecule has 0 aliphatic carbocycles. The highest BCUT2D eigenvalue weighted by Gasteiger charge is 2.25. The summed E-state index contributed by atoms with van der Waals surface area (Å²) in [6.07, 6.45) is -0.0814. The molecule has 1 aromatic heterocycles. The zero-order valence-corrected chi connectivity index (χ0v) is 25.9. The summed E-state index contributed by atoms with van der Waals surface area (Å²) in [5.41, 5.74) is 5.06. The van der Waals surface area contributed by atoms with E-state index in [9.17, 15) is 34.2 Å². The van der Waals surface area contributed by atoms with Crippen LogP contribution < -0.4 is 10.7 Å². The molecule has 0 unspecified atom stereocenters. The number of carboxylic acids is 1. The van der Waals surface area contributed by atoms with Crippen molar-refractivity contribution in [2.24, 2.45) is 0 Å². The van der Waals surface area contributed by atoms with Gasteiger partial charge in [-0.15, -0.1) is 0 Å². The van der Waals surface area contributed by atoms with Gasteiger partial charge in [0.15, 0.2) is 0 Å². The number of hydrogen-bond acceptors (Lipinski definition) is 9. The topological polar surface area (TPSA) is 188 Å². The molecule has 15 heteroatoms. The van der Waals surface area contributed by atoms with Crippen molar-refractivity contribution in [3.05, 3.63) is 36.0 Å². The Labute approximate surface area is 256 Å². The van der Waals surface area contributed by atoms with Gasteiger partial charge in [0.05, 0.1) is 32.8 Å². The smallest absolute Gasteiger partial charge is 0.326 e. The predicted octanol–water partition coefficient (Wildman–Crippen LogP) is -1.32. The SMILES string of the molecule is CNN(C)Cc1cc2ccccc2n1CCC(=O)NCC(=O)N(CCO)CC(=O)N(CCO)CCC(=O)N(C)[C@@H](C)C(=O)O. The second kappa shape index (κ2) is 17.9. The van der Waals surface area contributed by atoms with E-state index in [0.29, 0.717) is 13.1 Å². The van der Waals surface area contributed by atoms with Crippen LogP contribution in [0.2, 0.25) is 0 Å². The van der Waals surface area contributed by atoms with E-state index in [-0.39, 0.29) is 44.9 Å². The number of amides is 4. The molecule has 4 amide bonds. The lowest BCUT2D eigenvalue weighted by Crippen LogP contribution is -2.48. The summed E-state index contributed by atoms with van der Waals surface area (Å²) in [6.45, 7) is 0.329. The lowest BCUT2D eigenvalue weighted by atomic mass is 10.2. The van der Waals surface area contributed by atoms with Crippen molar-refractivity contribution >= 4 is 40.5 Å². The highest BCUT2D eigenvalue weighted by Crippen LogP contribution is 2.21. The third-order valence-electron chi connectivity index (χ3n) is 7.38. The molecule has 1 aromatic carbocycles. The zero-order valence-electron chi connectivity index (χ0n) is 25.9. The Hall–Kier alpha value is -4.05. The summed E-state index contributed by atoms with van der Waals surface area (Å²) < 4.78 is 2.06. The molecule has 0 aliphatic rings. The van der Waals surface area contributed by atoms with Gasteiger partial charge in [-0.3, -0.25) is 24.6 Å². The number of para-hydroxylation sites is 1. The van der Waals surface area contributed by atoms with E-state index >= 15 is 0 Å². The number of carbonyl (C=O) groups excluding carboxylic acids is 4. The minimum Gasteiger partial charge on any atom is -0.480 e. The van der Waals surface area contributed by atoms with E-state index in [1.165, 1.54) is 18.9 Å². The predicted molar refractivity (Wildman–Crippen MR) is 162 cm³/mol. The summed E-state index contributed by atoms with van der Waals surface area (Å²) >= 11 is 0. The molecule has 2 rings (SSSR count). The molecule has 0 spiro atoms. The van der Waals surface area contributed by atoms with Crippen LogP contribution in [0.25, 0.3) is 10.9 Å². The minimum atomic E-state index is -1.17. The molecule has 0 radical (unpaired) electrons. The van der Waals surface area contributed by atoms with Gasteiger partial charge in [0.1, 0.15) is 6.04 Å². The molecule has 0 fully saturated rings. The molecule has 244 valence electrons. The number of aryl methyl sites for hydroxylation is 1. The number of carboxylic acid groups (broad SMARTS) is 1. The van der Waals surface area contributed by atoms with Gasteiger partial charge < -0.3 is 39.9 Å². The van der Waals surface area contributed by atoms with Crippen LogP contribution in [0.4, 0.5) is 0 Å². The normalized spacial score (nSPS) is 11.8. The number of aliphatic carboxylic acids is 1. The van der Waals surface area contributed by atoms with Crippen molar-refractivity contribution in [3.63, 3.8) is 0 Å². The highest BCUT2D eigenvalue weighted by molar-refractivity contribution is 5.89. The number of likely N-dealkylation sites (N-methyl/N-ethyl adjacent to an activating group) is 1. The number of aliphatic hydroxyl groups is 2. The maximum Gasteiger partial charge on any atom is 0.326 e. The van der Waals surface area contributed by atoms with Gasteiger partial charge >= 0.3 is 5.97 Å². The number of fused-ring (bicyclic) bond motifs is 1. The number of benzene rings is 1. The summed E-state index contributed by atoms with van der Waals surface area (Å²) in [5.74, 6) is -3.20. The molecular weight excluding hydrogens is 574 g/mol. The number of aromatic nitrogens is 1. The second-order valence-corrected chi connectivity index (χ2v) is 10.4. The molecule has 0 bridgehead atoms. The Bertz CT molecular complexity index is 1280. The number of nitrogens with one attached hydrogen (secondary N) is 2. The molecule has 2 aromatic rings. The van der Waals surface area contributed by atoms with Gasteiger partial charge in [-0.2, -0.15) is 0 Å².